The van der Waals surface area contributed by atoms with Gasteiger partial charge in [0.25, 0.3) is 0 Å². The molecular weight excluding hydrogens is 694 g/mol. The second kappa shape index (κ2) is 10.6. The van der Waals surface area contributed by atoms with Crippen LogP contribution in [-0.4, -0.2) is 34.8 Å². The Morgan fingerprint density at radius 3 is 1.23 bits per heavy atom. The van der Waals surface area contributed by atoms with Crippen molar-refractivity contribution in [3.05, 3.63) is 102 Å². The van der Waals surface area contributed by atoms with Crippen LogP contribution in [-0.2, 0) is 10.8 Å². The molecule has 0 aliphatic carbocycles. The fourth-order valence-electron chi connectivity index (χ4n) is 11.7. The van der Waals surface area contributed by atoms with Gasteiger partial charge in [0.2, 0.25) is 13.4 Å². The molecule has 0 aromatic heterocycles. The van der Waals surface area contributed by atoms with Gasteiger partial charge in [-0.3, -0.25) is 0 Å². The molecule has 5 heteroatoms. The highest BCUT2D eigenvalue weighted by Gasteiger charge is 2.45. The summed E-state index contributed by atoms with van der Waals surface area (Å²) in [5.41, 5.74) is 22.5. The standard InChI is InChI=1S/C52H44B2O3/c1-25-11-13-41-29(15-25)33-17-27(56-9)19-35-31-21-39(51(2,3)4)38-24-44-46-32(22-40(52(5,6)7)37-23-43(53(41)49(33)35)45(31)47(38)48(37)46)36-20-28(57-10)18-34-30-16-26(55-8)12-14-42(30)54(44)50(34)36/h11-24H,1-10H3. The lowest BCUT2D eigenvalue weighted by Gasteiger charge is -2.35. The Hall–Kier alpha value is -5.67. The summed E-state index contributed by atoms with van der Waals surface area (Å²) in [6.07, 6.45) is 0. The highest BCUT2D eigenvalue weighted by Crippen LogP contribution is 2.51. The largest absolute Gasteiger partial charge is 0.497 e. The third-order valence-corrected chi connectivity index (χ3v) is 14.0. The lowest BCUT2D eigenvalue weighted by atomic mass is 9.34. The number of rotatable bonds is 3. The fourth-order valence-corrected chi connectivity index (χ4v) is 11.7. The van der Waals surface area contributed by atoms with Gasteiger partial charge in [0, 0.05) is 0 Å². The van der Waals surface area contributed by atoms with E-state index in [0.29, 0.717) is 0 Å². The number of fused-ring (bicyclic) bond motifs is 10. The first-order valence-corrected chi connectivity index (χ1v) is 20.4. The Bertz CT molecular complexity index is 3160. The summed E-state index contributed by atoms with van der Waals surface area (Å²) in [6.45, 7) is 16.8. The molecule has 0 unspecified atom stereocenters. The van der Waals surface area contributed by atoms with Gasteiger partial charge >= 0.3 is 0 Å². The Labute approximate surface area is 335 Å². The molecule has 4 aliphatic rings. The number of aryl methyl sites for hydroxylation is 1. The smallest absolute Gasteiger partial charge is 0.244 e. The van der Waals surface area contributed by atoms with Crippen molar-refractivity contribution >= 4 is 78.5 Å². The van der Waals surface area contributed by atoms with Crippen LogP contribution < -0.4 is 47.0 Å². The van der Waals surface area contributed by atoms with Crippen LogP contribution in [0.1, 0.15) is 58.2 Å². The predicted molar refractivity (Wildman–Crippen MR) is 243 cm³/mol. The molecule has 0 bridgehead atoms. The molecule has 8 aromatic carbocycles. The van der Waals surface area contributed by atoms with E-state index in [2.05, 4.69) is 133 Å². The molecule has 4 heterocycles. The lowest BCUT2D eigenvalue weighted by Crippen LogP contribution is -2.53. The molecule has 0 N–H and O–H groups in total. The Balaban J connectivity index is 1.33. The average Bonchev–Trinajstić information content (AvgIpc) is 3.69. The van der Waals surface area contributed by atoms with Crippen LogP contribution in [0.3, 0.4) is 0 Å². The van der Waals surface area contributed by atoms with Crippen LogP contribution in [0.2, 0.25) is 0 Å². The van der Waals surface area contributed by atoms with Crippen molar-refractivity contribution in [3.63, 3.8) is 0 Å². The first-order chi connectivity index (χ1) is 27.3. The first kappa shape index (κ1) is 33.5. The van der Waals surface area contributed by atoms with Gasteiger partial charge in [-0.05, 0) is 154 Å². The van der Waals surface area contributed by atoms with Crippen molar-refractivity contribution in [2.24, 2.45) is 0 Å². The van der Waals surface area contributed by atoms with Crippen LogP contribution in [0.15, 0.2) is 84.9 Å². The Morgan fingerprint density at radius 1 is 0.386 bits per heavy atom. The van der Waals surface area contributed by atoms with E-state index in [9.17, 15) is 0 Å². The average molecular weight is 739 g/mol. The number of ether oxygens (including phenoxy) is 3. The van der Waals surface area contributed by atoms with Crippen LogP contribution in [0.5, 0.6) is 17.2 Å². The molecule has 0 saturated heterocycles. The van der Waals surface area contributed by atoms with Crippen LogP contribution in [0.25, 0.3) is 76.8 Å². The minimum Gasteiger partial charge on any atom is -0.497 e. The maximum Gasteiger partial charge on any atom is 0.244 e. The summed E-state index contributed by atoms with van der Waals surface area (Å²) in [5.74, 6) is 2.67. The van der Waals surface area contributed by atoms with Gasteiger partial charge in [0.15, 0.2) is 0 Å². The topological polar surface area (TPSA) is 27.7 Å². The normalized spacial score (nSPS) is 14.1. The van der Waals surface area contributed by atoms with Gasteiger partial charge in [-0.2, -0.15) is 0 Å². The highest BCUT2D eigenvalue weighted by atomic mass is 16.5. The van der Waals surface area contributed by atoms with E-state index < -0.39 is 0 Å². The summed E-state index contributed by atoms with van der Waals surface area (Å²) < 4.78 is 18.0. The molecule has 57 heavy (non-hydrogen) atoms. The van der Waals surface area contributed by atoms with E-state index in [-0.39, 0.29) is 24.3 Å². The van der Waals surface area contributed by atoms with E-state index >= 15 is 0 Å². The lowest BCUT2D eigenvalue weighted by molar-refractivity contribution is 0.414. The van der Waals surface area contributed by atoms with Gasteiger partial charge in [-0.25, -0.2) is 0 Å². The maximum atomic E-state index is 6.09. The van der Waals surface area contributed by atoms with Gasteiger partial charge in [-0.15, -0.1) is 0 Å². The third kappa shape index (κ3) is 4.05. The SMILES string of the molecule is COc1ccc2c(c1)-c1cc(OC)cc3c1B2c1cc2c(C(C)(C)C)cc4c5c(cc6c(C(C)(C)C)cc-3c1c6c25)B1c2ccc(C)cc2-c2cc(OC)cc-4c21. The van der Waals surface area contributed by atoms with E-state index in [1.807, 2.05) is 7.11 Å². The number of methoxy groups -OCH3 is 3. The molecule has 0 radical (unpaired) electrons. The van der Waals surface area contributed by atoms with Gasteiger partial charge in [0.05, 0.1) is 21.3 Å². The molecule has 0 fully saturated rings. The molecule has 0 atom stereocenters. The zero-order valence-electron chi connectivity index (χ0n) is 34.5. The quantitative estimate of drug-likeness (QED) is 0.135. The fraction of sp³-hybridized carbons (Fsp3) is 0.231. The molecule has 0 spiro atoms. The monoisotopic (exact) mass is 738 g/mol. The maximum absolute atomic E-state index is 6.09. The number of benzene rings is 8. The van der Waals surface area contributed by atoms with Gasteiger partial charge < -0.3 is 14.2 Å². The van der Waals surface area contributed by atoms with Crippen LogP contribution in [0.4, 0.5) is 0 Å². The van der Waals surface area contributed by atoms with E-state index in [0.717, 1.165) is 17.2 Å². The molecule has 0 saturated carbocycles. The summed E-state index contributed by atoms with van der Waals surface area (Å²) in [5, 5.41) is 8.35. The van der Waals surface area contributed by atoms with E-state index in [4.69, 9.17) is 14.2 Å². The van der Waals surface area contributed by atoms with Crippen LogP contribution in [0, 0.1) is 6.92 Å². The summed E-state index contributed by atoms with van der Waals surface area (Å²) >= 11 is 0. The van der Waals surface area contributed by atoms with Crippen molar-refractivity contribution in [1.82, 2.24) is 0 Å². The van der Waals surface area contributed by atoms with Crippen molar-refractivity contribution in [2.45, 2.75) is 59.3 Å². The van der Waals surface area contributed by atoms with Crippen molar-refractivity contribution in [2.75, 3.05) is 21.3 Å². The molecule has 0 amide bonds. The highest BCUT2D eigenvalue weighted by molar-refractivity contribution is 7.03. The third-order valence-electron chi connectivity index (χ3n) is 14.0. The minimum absolute atomic E-state index is 0.0961. The zero-order chi connectivity index (χ0) is 39.2. The predicted octanol–water partition coefficient (Wildman–Crippen LogP) is 8.47. The minimum atomic E-state index is -0.119. The zero-order valence-corrected chi connectivity index (χ0v) is 34.5. The summed E-state index contributed by atoms with van der Waals surface area (Å²) in [6, 6.07) is 33.3. The summed E-state index contributed by atoms with van der Waals surface area (Å²) in [4.78, 5) is 0. The summed E-state index contributed by atoms with van der Waals surface area (Å²) in [7, 11) is 5.36. The second-order valence-corrected chi connectivity index (χ2v) is 19.2. The van der Waals surface area contributed by atoms with E-state index in [1.54, 1.807) is 14.2 Å². The molecule has 276 valence electrons. The Kier molecular flexibility index (Phi) is 6.24. The molecular formula is C52H44B2O3. The van der Waals surface area contributed by atoms with Crippen molar-refractivity contribution in [1.29, 1.82) is 0 Å². The number of hydrogen-bond donors (Lipinski definition) is 0. The van der Waals surface area contributed by atoms with Crippen molar-refractivity contribution in [3.8, 4) is 61.8 Å². The van der Waals surface area contributed by atoms with Gasteiger partial charge in [-0.1, -0.05) is 116 Å². The van der Waals surface area contributed by atoms with Crippen molar-refractivity contribution < 1.29 is 14.2 Å². The molecule has 8 aromatic rings. The van der Waals surface area contributed by atoms with Crippen LogP contribution >= 0.6 is 0 Å². The molecule has 12 rings (SSSR count). The Morgan fingerprint density at radius 2 is 0.789 bits per heavy atom. The van der Waals surface area contributed by atoms with Gasteiger partial charge in [0.1, 0.15) is 17.2 Å². The second-order valence-electron chi connectivity index (χ2n) is 19.2. The first-order valence-electron chi connectivity index (χ1n) is 20.4. The number of hydrogen-bond acceptors (Lipinski definition) is 3. The molecule has 4 aliphatic heterocycles. The van der Waals surface area contributed by atoms with E-state index in [1.165, 1.54) is 126 Å². The molecule has 3 nitrogen and oxygen atoms in total.